The number of hydrogen-bond acceptors (Lipinski definition) is 14. The molecular formula is C18H38O14. The fourth-order valence-corrected chi connectivity index (χ4v) is 1.79. The minimum Gasteiger partial charge on any atom is -0.394 e. The van der Waals surface area contributed by atoms with Gasteiger partial charge in [0.15, 0.2) is 18.9 Å². The lowest BCUT2D eigenvalue weighted by atomic mass is 10.6. The van der Waals surface area contributed by atoms with Crippen LogP contribution in [0.15, 0.2) is 0 Å². The molecule has 0 bridgehead atoms. The monoisotopic (exact) mass is 478 g/mol. The molecule has 0 fully saturated rings. The second-order valence-corrected chi connectivity index (χ2v) is 6.01. The van der Waals surface area contributed by atoms with Gasteiger partial charge >= 0.3 is 0 Å². The van der Waals surface area contributed by atoms with Crippen molar-refractivity contribution >= 4 is 0 Å². The first kappa shape index (κ1) is 31.4. The van der Waals surface area contributed by atoms with Gasteiger partial charge in [0.05, 0.1) is 72.7 Å². The molecule has 2 unspecified atom stereocenters. The van der Waals surface area contributed by atoms with Gasteiger partial charge in [-0.2, -0.15) is 9.78 Å². The minimum absolute atomic E-state index is 0.0710. The van der Waals surface area contributed by atoms with Crippen molar-refractivity contribution in [3.8, 4) is 0 Å². The fraction of sp³-hybridized carbons (Fsp3) is 1.00. The zero-order valence-corrected chi connectivity index (χ0v) is 18.7. The van der Waals surface area contributed by atoms with Crippen LogP contribution in [0.2, 0.25) is 0 Å². The first-order chi connectivity index (χ1) is 15.5. The summed E-state index contributed by atoms with van der Waals surface area (Å²) in [5.74, 6) is 0. The molecule has 0 aromatic carbocycles. The summed E-state index contributed by atoms with van der Waals surface area (Å²) in [4.78, 5) is 18.6. The summed E-state index contributed by atoms with van der Waals surface area (Å²) in [6.45, 7) is 4.33. The average Bonchev–Trinajstić information content (AvgIpc) is 2.76. The van der Waals surface area contributed by atoms with E-state index in [1.165, 1.54) is 13.8 Å². The number of rotatable bonds is 25. The SMILES string of the molecule is CC(O)OOC(COCCOCC(OCCOCCO)OCCOCCO)OOC(C)O. The predicted octanol–water partition coefficient (Wildman–Crippen LogP) is -1.70. The molecule has 0 aliphatic heterocycles. The second-order valence-electron chi connectivity index (χ2n) is 6.01. The van der Waals surface area contributed by atoms with E-state index < -0.39 is 25.2 Å². The fourth-order valence-electron chi connectivity index (χ4n) is 1.79. The molecule has 0 rings (SSSR count). The van der Waals surface area contributed by atoms with Crippen LogP contribution in [0.1, 0.15) is 13.8 Å². The molecule has 0 spiro atoms. The molecule has 14 nitrogen and oxygen atoms in total. The Bertz CT molecular complexity index is 348. The molecule has 0 heterocycles. The molecule has 194 valence electrons. The van der Waals surface area contributed by atoms with Crippen molar-refractivity contribution in [2.24, 2.45) is 0 Å². The third kappa shape index (κ3) is 22.6. The van der Waals surface area contributed by atoms with E-state index in [1.54, 1.807) is 0 Å². The first-order valence-electron chi connectivity index (χ1n) is 10.3. The molecule has 0 saturated heterocycles. The van der Waals surface area contributed by atoms with Crippen molar-refractivity contribution in [3.05, 3.63) is 0 Å². The largest absolute Gasteiger partial charge is 0.394 e. The highest BCUT2D eigenvalue weighted by Crippen LogP contribution is 2.03. The highest BCUT2D eigenvalue weighted by Gasteiger charge is 2.16. The van der Waals surface area contributed by atoms with E-state index in [0.717, 1.165) is 0 Å². The van der Waals surface area contributed by atoms with Crippen LogP contribution in [0.5, 0.6) is 0 Å². The molecule has 0 radical (unpaired) electrons. The predicted molar refractivity (Wildman–Crippen MR) is 105 cm³/mol. The summed E-state index contributed by atoms with van der Waals surface area (Å²) in [6.07, 6.45) is -4.23. The zero-order chi connectivity index (χ0) is 23.9. The molecule has 14 heteroatoms. The molecular weight excluding hydrogens is 440 g/mol. The van der Waals surface area contributed by atoms with Crippen LogP contribution >= 0.6 is 0 Å². The lowest BCUT2D eigenvalue weighted by Crippen LogP contribution is -2.29. The van der Waals surface area contributed by atoms with E-state index >= 15 is 0 Å². The van der Waals surface area contributed by atoms with E-state index in [1.807, 2.05) is 0 Å². The molecule has 32 heavy (non-hydrogen) atoms. The van der Waals surface area contributed by atoms with Crippen LogP contribution in [-0.2, 0) is 48.0 Å². The number of ether oxygens (including phenoxy) is 6. The molecule has 0 aliphatic carbocycles. The molecule has 2 atom stereocenters. The van der Waals surface area contributed by atoms with Crippen LogP contribution in [0, 0.1) is 0 Å². The van der Waals surface area contributed by atoms with E-state index in [-0.39, 0.29) is 79.3 Å². The number of aliphatic hydroxyl groups excluding tert-OH is 4. The summed E-state index contributed by atoms with van der Waals surface area (Å²) in [7, 11) is 0. The molecule has 4 N–H and O–H groups in total. The van der Waals surface area contributed by atoms with Crippen LogP contribution in [-0.4, -0.2) is 125 Å². The van der Waals surface area contributed by atoms with Gasteiger partial charge in [-0.05, 0) is 13.8 Å². The van der Waals surface area contributed by atoms with E-state index in [0.29, 0.717) is 0 Å². The Labute approximate surface area is 187 Å². The van der Waals surface area contributed by atoms with E-state index in [9.17, 15) is 0 Å². The topological polar surface area (TPSA) is 173 Å². The normalized spacial score (nSPS) is 14.7. The van der Waals surface area contributed by atoms with Crippen molar-refractivity contribution in [1.82, 2.24) is 0 Å². The molecule has 0 aromatic heterocycles. The zero-order valence-electron chi connectivity index (χ0n) is 18.7. The summed E-state index contributed by atoms with van der Waals surface area (Å²) in [6, 6.07) is 0. The summed E-state index contributed by atoms with van der Waals surface area (Å²) < 4.78 is 32.1. The number of aliphatic hydroxyl groups is 4. The Hall–Kier alpha value is -0.560. The molecule has 0 saturated carbocycles. The van der Waals surface area contributed by atoms with Gasteiger partial charge in [0.1, 0.15) is 6.61 Å². The van der Waals surface area contributed by atoms with E-state index in [4.69, 9.17) is 58.6 Å². The Balaban J connectivity index is 4.09. The third-order valence-electron chi connectivity index (χ3n) is 3.02. The van der Waals surface area contributed by atoms with E-state index in [2.05, 4.69) is 9.78 Å². The lowest BCUT2D eigenvalue weighted by Gasteiger charge is -2.19. The van der Waals surface area contributed by atoms with Crippen LogP contribution in [0.25, 0.3) is 0 Å². The maximum absolute atomic E-state index is 9.07. The second kappa shape index (κ2) is 23.6. The van der Waals surface area contributed by atoms with Gasteiger partial charge in [-0.15, -0.1) is 0 Å². The summed E-state index contributed by atoms with van der Waals surface area (Å²) >= 11 is 0. The number of hydrogen-bond donors (Lipinski definition) is 4. The van der Waals surface area contributed by atoms with Crippen molar-refractivity contribution in [1.29, 1.82) is 0 Å². The Kier molecular flexibility index (Phi) is 23.2. The van der Waals surface area contributed by atoms with Crippen molar-refractivity contribution in [2.45, 2.75) is 39.0 Å². The van der Waals surface area contributed by atoms with Gasteiger partial charge in [-0.1, -0.05) is 0 Å². The third-order valence-corrected chi connectivity index (χ3v) is 3.02. The standard InChI is InChI=1S/C18H38O14/c1-15(21)29-31-18(32-30-16(2)22)14-26-8-7-25-13-17(27-11-9-23-5-3-19)28-12-10-24-6-4-20/h15-22H,3-14H2,1-2H3. The van der Waals surface area contributed by atoms with Crippen molar-refractivity contribution in [2.75, 3.05) is 79.3 Å². The van der Waals surface area contributed by atoms with Gasteiger partial charge in [-0.25, -0.2) is 9.78 Å². The summed E-state index contributed by atoms with van der Waals surface area (Å²) in [5.41, 5.74) is 0. The first-order valence-corrected chi connectivity index (χ1v) is 10.3. The lowest BCUT2D eigenvalue weighted by molar-refractivity contribution is -0.507. The maximum atomic E-state index is 9.07. The van der Waals surface area contributed by atoms with Gasteiger partial charge in [0.25, 0.3) is 0 Å². The smallest absolute Gasteiger partial charge is 0.247 e. The van der Waals surface area contributed by atoms with Crippen molar-refractivity contribution in [3.63, 3.8) is 0 Å². The van der Waals surface area contributed by atoms with Gasteiger partial charge in [-0.3, -0.25) is 0 Å². The Morgan fingerprint density at radius 1 is 0.500 bits per heavy atom. The Morgan fingerprint density at radius 2 is 0.906 bits per heavy atom. The van der Waals surface area contributed by atoms with Crippen LogP contribution in [0.3, 0.4) is 0 Å². The molecule has 0 amide bonds. The minimum atomic E-state index is -1.20. The Morgan fingerprint density at radius 3 is 1.31 bits per heavy atom. The van der Waals surface area contributed by atoms with Crippen LogP contribution in [0.4, 0.5) is 0 Å². The molecule has 0 aliphatic rings. The van der Waals surface area contributed by atoms with Gasteiger partial charge < -0.3 is 48.8 Å². The van der Waals surface area contributed by atoms with Gasteiger partial charge in [0.2, 0.25) is 6.29 Å². The quantitative estimate of drug-likeness (QED) is 0.0506. The molecule has 0 aromatic rings. The highest BCUT2D eigenvalue weighted by molar-refractivity contribution is 4.46. The van der Waals surface area contributed by atoms with Crippen molar-refractivity contribution < 1.29 is 68.4 Å². The highest BCUT2D eigenvalue weighted by atomic mass is 17.3. The van der Waals surface area contributed by atoms with Gasteiger partial charge in [0, 0.05) is 0 Å². The maximum Gasteiger partial charge on any atom is 0.247 e. The average molecular weight is 478 g/mol. The van der Waals surface area contributed by atoms with Crippen LogP contribution < -0.4 is 0 Å². The summed E-state index contributed by atoms with van der Waals surface area (Å²) in [5, 5.41) is 35.5.